The predicted molar refractivity (Wildman–Crippen MR) is 82.3 cm³/mol. The topological polar surface area (TPSA) is 58.6 Å². The van der Waals surface area contributed by atoms with Crippen LogP contribution < -0.4 is 5.32 Å². The Bertz CT molecular complexity index is 376. The van der Waals surface area contributed by atoms with Gasteiger partial charge in [0.15, 0.2) is 0 Å². The molecular weight excluding hydrogens is 276 g/mol. The van der Waals surface area contributed by atoms with Gasteiger partial charge in [0.1, 0.15) is 0 Å². The largest absolute Gasteiger partial charge is 0.381 e. The minimum atomic E-state index is -3.16. The van der Waals surface area contributed by atoms with Crippen molar-refractivity contribution in [2.45, 2.75) is 46.1 Å². The summed E-state index contributed by atoms with van der Waals surface area (Å²) in [6, 6.07) is 0. The molecule has 0 aliphatic carbocycles. The number of rotatable bonds is 7. The van der Waals surface area contributed by atoms with Gasteiger partial charge in [0.2, 0.25) is 10.0 Å². The van der Waals surface area contributed by atoms with Crippen molar-refractivity contribution < 1.29 is 13.2 Å². The lowest BCUT2D eigenvalue weighted by atomic mass is 9.98. The van der Waals surface area contributed by atoms with Crippen molar-refractivity contribution in [3.05, 3.63) is 0 Å². The second-order valence-electron chi connectivity index (χ2n) is 6.51. The summed E-state index contributed by atoms with van der Waals surface area (Å²) in [4.78, 5) is 0. The van der Waals surface area contributed by atoms with Gasteiger partial charge in [-0.3, -0.25) is 0 Å². The van der Waals surface area contributed by atoms with Gasteiger partial charge in [0, 0.05) is 25.2 Å². The highest BCUT2D eigenvalue weighted by atomic mass is 32.2. The third kappa shape index (κ3) is 6.52. The highest BCUT2D eigenvalue weighted by Gasteiger charge is 2.29. The van der Waals surface area contributed by atoms with E-state index in [1.807, 2.05) is 6.92 Å². The van der Waals surface area contributed by atoms with Crippen LogP contribution in [0.5, 0.6) is 0 Å². The zero-order valence-corrected chi connectivity index (χ0v) is 14.1. The van der Waals surface area contributed by atoms with Crippen LogP contribution in [-0.4, -0.2) is 56.9 Å². The summed E-state index contributed by atoms with van der Waals surface area (Å²) in [5.41, 5.74) is 0.0795. The second kappa shape index (κ2) is 7.73. The normalized spacial score (nSPS) is 22.1. The van der Waals surface area contributed by atoms with E-state index in [4.69, 9.17) is 4.74 Å². The van der Waals surface area contributed by atoms with Gasteiger partial charge in [0.05, 0.1) is 12.4 Å². The monoisotopic (exact) mass is 306 g/mol. The zero-order valence-electron chi connectivity index (χ0n) is 13.3. The molecule has 0 amide bonds. The van der Waals surface area contributed by atoms with Crippen molar-refractivity contribution in [2.24, 2.45) is 5.92 Å². The van der Waals surface area contributed by atoms with E-state index >= 15 is 0 Å². The fourth-order valence-corrected chi connectivity index (χ4v) is 3.77. The van der Waals surface area contributed by atoms with E-state index < -0.39 is 10.0 Å². The quantitative estimate of drug-likeness (QED) is 0.723. The maximum atomic E-state index is 12.2. The molecule has 0 aromatic heterocycles. The molecule has 6 heteroatoms. The number of nitrogens with zero attached hydrogens (tertiary/aromatic N) is 1. The maximum Gasteiger partial charge on any atom is 0.216 e. The molecule has 1 heterocycles. The molecule has 0 spiro atoms. The van der Waals surface area contributed by atoms with Crippen molar-refractivity contribution in [1.82, 2.24) is 9.62 Å². The van der Waals surface area contributed by atoms with Gasteiger partial charge in [-0.05, 0) is 53.0 Å². The third-order valence-electron chi connectivity index (χ3n) is 3.49. The average molecular weight is 306 g/mol. The molecule has 1 aliphatic rings. The summed E-state index contributed by atoms with van der Waals surface area (Å²) in [5, 5.41) is 3.47. The summed E-state index contributed by atoms with van der Waals surface area (Å²) >= 11 is 0. The summed E-state index contributed by atoms with van der Waals surface area (Å²) < 4.78 is 31.3. The standard InChI is InChI=1S/C14H30N2O3S/c1-5-19-9-10-20(17,18)16-8-6-7-13(12-16)11-15-14(2,3)4/h13,15H,5-12H2,1-4H3. The van der Waals surface area contributed by atoms with Crippen LogP contribution in [0, 0.1) is 5.92 Å². The van der Waals surface area contributed by atoms with Crippen LogP contribution >= 0.6 is 0 Å². The summed E-state index contributed by atoms with van der Waals surface area (Å²) in [7, 11) is -3.16. The van der Waals surface area contributed by atoms with Crippen LogP contribution in [0.3, 0.4) is 0 Å². The highest BCUT2D eigenvalue weighted by molar-refractivity contribution is 7.89. The maximum absolute atomic E-state index is 12.2. The molecular formula is C14H30N2O3S. The van der Waals surface area contributed by atoms with E-state index in [0.29, 0.717) is 32.2 Å². The smallest absolute Gasteiger partial charge is 0.216 e. The molecule has 0 bridgehead atoms. The lowest BCUT2D eigenvalue weighted by Crippen LogP contribution is -2.47. The minimum Gasteiger partial charge on any atom is -0.381 e. The lowest BCUT2D eigenvalue weighted by Gasteiger charge is -2.33. The van der Waals surface area contributed by atoms with Gasteiger partial charge in [0.25, 0.3) is 0 Å². The number of hydrogen-bond donors (Lipinski definition) is 1. The fourth-order valence-electron chi connectivity index (χ4n) is 2.33. The van der Waals surface area contributed by atoms with Gasteiger partial charge in [-0.25, -0.2) is 12.7 Å². The number of piperidine rings is 1. The van der Waals surface area contributed by atoms with Gasteiger partial charge in [-0.15, -0.1) is 0 Å². The molecule has 120 valence electrons. The SMILES string of the molecule is CCOCCS(=O)(=O)N1CCCC(CNC(C)(C)C)C1. The minimum absolute atomic E-state index is 0.0795. The molecule has 1 saturated heterocycles. The summed E-state index contributed by atoms with van der Waals surface area (Å²) in [5.74, 6) is 0.505. The second-order valence-corrected chi connectivity index (χ2v) is 8.60. The summed E-state index contributed by atoms with van der Waals surface area (Å²) in [6.45, 7) is 11.3. The molecule has 1 rings (SSSR count). The van der Waals surface area contributed by atoms with Crippen molar-refractivity contribution in [3.63, 3.8) is 0 Å². The fraction of sp³-hybridized carbons (Fsp3) is 1.00. The molecule has 20 heavy (non-hydrogen) atoms. The first-order valence-corrected chi connectivity index (χ1v) is 9.16. The third-order valence-corrected chi connectivity index (χ3v) is 5.29. The Morgan fingerprint density at radius 2 is 2.05 bits per heavy atom. The van der Waals surface area contributed by atoms with Crippen LogP contribution in [0.4, 0.5) is 0 Å². The molecule has 0 aromatic carbocycles. The number of hydrogen-bond acceptors (Lipinski definition) is 4. The Morgan fingerprint density at radius 3 is 2.65 bits per heavy atom. The first kappa shape index (κ1) is 17.9. The average Bonchev–Trinajstić information content (AvgIpc) is 2.36. The van der Waals surface area contributed by atoms with Crippen molar-refractivity contribution in [2.75, 3.05) is 38.6 Å². The van der Waals surface area contributed by atoms with E-state index in [0.717, 1.165) is 19.4 Å². The van der Waals surface area contributed by atoms with Crippen LogP contribution in [-0.2, 0) is 14.8 Å². The molecule has 1 unspecified atom stereocenters. The van der Waals surface area contributed by atoms with Gasteiger partial charge < -0.3 is 10.1 Å². The first-order valence-electron chi connectivity index (χ1n) is 7.55. The van der Waals surface area contributed by atoms with Crippen LogP contribution in [0.15, 0.2) is 0 Å². The Morgan fingerprint density at radius 1 is 1.35 bits per heavy atom. The van der Waals surface area contributed by atoms with E-state index in [9.17, 15) is 8.42 Å². The zero-order chi connectivity index (χ0) is 15.2. The molecule has 0 aromatic rings. The van der Waals surface area contributed by atoms with E-state index in [-0.39, 0.29) is 11.3 Å². The van der Waals surface area contributed by atoms with E-state index in [1.165, 1.54) is 0 Å². The molecule has 1 fully saturated rings. The van der Waals surface area contributed by atoms with Gasteiger partial charge >= 0.3 is 0 Å². The predicted octanol–water partition coefficient (Wildman–Crippen LogP) is 1.45. The number of ether oxygens (including phenoxy) is 1. The lowest BCUT2D eigenvalue weighted by molar-refractivity contribution is 0.161. The Kier molecular flexibility index (Phi) is 6.91. The molecule has 0 saturated carbocycles. The van der Waals surface area contributed by atoms with Gasteiger partial charge in [-0.1, -0.05) is 0 Å². The molecule has 1 aliphatic heterocycles. The van der Waals surface area contributed by atoms with Crippen molar-refractivity contribution in [3.8, 4) is 0 Å². The Labute approximate surface area is 124 Å². The molecule has 1 N–H and O–H groups in total. The highest BCUT2D eigenvalue weighted by Crippen LogP contribution is 2.19. The summed E-state index contributed by atoms with van der Waals surface area (Å²) in [6.07, 6.45) is 2.05. The van der Waals surface area contributed by atoms with Crippen LogP contribution in [0.2, 0.25) is 0 Å². The first-order chi connectivity index (χ1) is 9.24. The van der Waals surface area contributed by atoms with Crippen LogP contribution in [0.25, 0.3) is 0 Å². The Balaban J connectivity index is 2.47. The molecule has 1 atom stereocenters. The molecule has 0 radical (unpaired) electrons. The molecule has 5 nitrogen and oxygen atoms in total. The van der Waals surface area contributed by atoms with E-state index in [2.05, 4.69) is 26.1 Å². The van der Waals surface area contributed by atoms with Crippen molar-refractivity contribution in [1.29, 1.82) is 0 Å². The van der Waals surface area contributed by atoms with Crippen LogP contribution in [0.1, 0.15) is 40.5 Å². The van der Waals surface area contributed by atoms with Gasteiger partial charge in [-0.2, -0.15) is 0 Å². The number of sulfonamides is 1. The Hall–Kier alpha value is -0.170. The number of nitrogens with one attached hydrogen (secondary N) is 1. The van der Waals surface area contributed by atoms with Crippen molar-refractivity contribution >= 4 is 10.0 Å². The van der Waals surface area contributed by atoms with E-state index in [1.54, 1.807) is 4.31 Å².